The average Bonchev–Trinajstić information content (AvgIpc) is 2.64. The van der Waals surface area contributed by atoms with Gasteiger partial charge in [0.1, 0.15) is 6.54 Å². The van der Waals surface area contributed by atoms with Gasteiger partial charge in [-0.2, -0.15) is 0 Å². The zero-order valence-electron chi connectivity index (χ0n) is 14.2. The van der Waals surface area contributed by atoms with Gasteiger partial charge in [-0.3, -0.25) is 19.0 Å². The maximum Gasteiger partial charge on any atom is 0.269 e. The van der Waals surface area contributed by atoms with Crippen LogP contribution >= 0.6 is 0 Å². The van der Waals surface area contributed by atoms with Crippen molar-refractivity contribution in [3.8, 4) is 0 Å². The van der Waals surface area contributed by atoms with E-state index in [2.05, 4.69) is 15.6 Å². The topological polar surface area (TPSA) is 93.1 Å². The molecule has 0 unspecified atom stereocenters. The number of nitrogens with one attached hydrogen (secondary N) is 2. The van der Waals surface area contributed by atoms with Crippen LogP contribution in [0.1, 0.15) is 17.3 Å². The van der Waals surface area contributed by atoms with Gasteiger partial charge >= 0.3 is 0 Å². The predicted molar refractivity (Wildman–Crippen MR) is 99.1 cm³/mol. The van der Waals surface area contributed by atoms with Crippen LogP contribution in [0.25, 0.3) is 11.0 Å². The molecule has 1 heterocycles. The molecule has 0 bridgehead atoms. The highest BCUT2D eigenvalue weighted by Crippen LogP contribution is 2.12. The summed E-state index contributed by atoms with van der Waals surface area (Å²) in [6, 6.07) is 13.8. The molecule has 26 heavy (non-hydrogen) atoms. The third kappa shape index (κ3) is 3.77. The van der Waals surface area contributed by atoms with Crippen molar-refractivity contribution >= 4 is 28.5 Å². The molecule has 0 radical (unpaired) electrons. The molecule has 3 rings (SSSR count). The van der Waals surface area contributed by atoms with Gasteiger partial charge in [-0.05, 0) is 37.3 Å². The molecule has 2 aromatic carbocycles. The van der Waals surface area contributed by atoms with Crippen LogP contribution in [-0.2, 0) is 11.3 Å². The Morgan fingerprint density at radius 2 is 1.92 bits per heavy atom. The Hall–Kier alpha value is -3.48. The lowest BCUT2D eigenvalue weighted by atomic mass is 10.2. The van der Waals surface area contributed by atoms with Crippen LogP contribution in [0.3, 0.4) is 0 Å². The SMILES string of the molecule is CCNC(=O)c1cccc(NC(=O)Cn2c(=O)cnc3ccccc32)c1. The second-order valence-corrected chi connectivity index (χ2v) is 5.66. The summed E-state index contributed by atoms with van der Waals surface area (Å²) in [6.45, 7) is 2.21. The molecule has 0 saturated carbocycles. The first-order chi connectivity index (χ1) is 12.6. The van der Waals surface area contributed by atoms with Crippen LogP contribution in [0.2, 0.25) is 0 Å². The third-order valence-corrected chi connectivity index (χ3v) is 3.80. The van der Waals surface area contributed by atoms with Crippen molar-refractivity contribution in [2.45, 2.75) is 13.5 Å². The number of anilines is 1. The molecule has 2 amide bonds. The number of rotatable bonds is 5. The van der Waals surface area contributed by atoms with E-state index in [1.807, 2.05) is 13.0 Å². The fraction of sp³-hybridized carbons (Fsp3) is 0.158. The van der Waals surface area contributed by atoms with Gasteiger partial charge in [0.25, 0.3) is 11.5 Å². The van der Waals surface area contributed by atoms with E-state index in [-0.39, 0.29) is 23.9 Å². The summed E-state index contributed by atoms with van der Waals surface area (Å²) in [5.74, 6) is -0.573. The quantitative estimate of drug-likeness (QED) is 0.734. The molecule has 0 aliphatic heterocycles. The van der Waals surface area contributed by atoms with Crippen LogP contribution < -0.4 is 16.2 Å². The Kier molecular flexibility index (Phi) is 5.07. The molecule has 7 nitrogen and oxygen atoms in total. The lowest BCUT2D eigenvalue weighted by Crippen LogP contribution is -2.28. The van der Waals surface area contributed by atoms with Gasteiger partial charge < -0.3 is 10.6 Å². The lowest BCUT2D eigenvalue weighted by molar-refractivity contribution is -0.116. The van der Waals surface area contributed by atoms with Gasteiger partial charge in [-0.15, -0.1) is 0 Å². The second-order valence-electron chi connectivity index (χ2n) is 5.66. The number of carbonyl (C=O) groups excluding carboxylic acids is 2. The maximum atomic E-state index is 12.4. The summed E-state index contributed by atoms with van der Waals surface area (Å²) in [5.41, 5.74) is 1.82. The number of hydrogen-bond donors (Lipinski definition) is 2. The Labute approximate surface area is 149 Å². The van der Waals surface area contributed by atoms with E-state index >= 15 is 0 Å². The van der Waals surface area contributed by atoms with Crippen molar-refractivity contribution < 1.29 is 9.59 Å². The van der Waals surface area contributed by atoms with E-state index in [4.69, 9.17) is 0 Å². The summed E-state index contributed by atoms with van der Waals surface area (Å²) in [7, 11) is 0. The zero-order valence-corrected chi connectivity index (χ0v) is 14.2. The molecule has 0 spiro atoms. The van der Waals surface area contributed by atoms with Crippen LogP contribution in [0.15, 0.2) is 59.5 Å². The molecule has 0 atom stereocenters. The Morgan fingerprint density at radius 1 is 1.12 bits per heavy atom. The molecular weight excluding hydrogens is 332 g/mol. The minimum absolute atomic E-state index is 0.146. The Bertz CT molecular complexity index is 1030. The van der Waals surface area contributed by atoms with Gasteiger partial charge in [-0.25, -0.2) is 4.98 Å². The van der Waals surface area contributed by atoms with Crippen LogP contribution in [-0.4, -0.2) is 27.9 Å². The van der Waals surface area contributed by atoms with E-state index in [0.29, 0.717) is 28.8 Å². The summed E-state index contributed by atoms with van der Waals surface area (Å²) in [5, 5.41) is 5.43. The normalized spacial score (nSPS) is 10.5. The molecule has 0 fully saturated rings. The monoisotopic (exact) mass is 350 g/mol. The molecule has 0 saturated heterocycles. The van der Waals surface area contributed by atoms with E-state index in [0.717, 1.165) is 0 Å². The van der Waals surface area contributed by atoms with Gasteiger partial charge in [0, 0.05) is 17.8 Å². The maximum absolute atomic E-state index is 12.4. The van der Waals surface area contributed by atoms with Crippen LogP contribution in [0.4, 0.5) is 5.69 Å². The molecule has 1 aromatic heterocycles. The fourth-order valence-electron chi connectivity index (χ4n) is 2.62. The Balaban J connectivity index is 1.80. The van der Waals surface area contributed by atoms with Crippen molar-refractivity contribution in [3.05, 3.63) is 70.6 Å². The first kappa shape index (κ1) is 17.3. The van der Waals surface area contributed by atoms with Crippen molar-refractivity contribution in [3.63, 3.8) is 0 Å². The van der Waals surface area contributed by atoms with Crippen molar-refractivity contribution in [2.75, 3.05) is 11.9 Å². The minimum Gasteiger partial charge on any atom is -0.352 e. The summed E-state index contributed by atoms with van der Waals surface area (Å²) in [6.07, 6.45) is 1.20. The molecule has 3 aromatic rings. The predicted octanol–water partition coefficient (Wildman–Crippen LogP) is 1.78. The third-order valence-electron chi connectivity index (χ3n) is 3.80. The van der Waals surface area contributed by atoms with E-state index in [1.165, 1.54) is 10.8 Å². The standard InChI is InChI=1S/C19H18N4O3/c1-2-20-19(26)13-6-5-7-14(10-13)22-17(24)12-23-16-9-4-3-8-15(16)21-11-18(23)25/h3-11H,2,12H2,1H3,(H,20,26)(H,22,24). The summed E-state index contributed by atoms with van der Waals surface area (Å²) < 4.78 is 1.37. The molecule has 132 valence electrons. The minimum atomic E-state index is -0.364. The van der Waals surface area contributed by atoms with E-state index < -0.39 is 0 Å². The number of para-hydroxylation sites is 2. The fourth-order valence-corrected chi connectivity index (χ4v) is 2.62. The highest BCUT2D eigenvalue weighted by molar-refractivity contribution is 5.97. The number of fused-ring (bicyclic) bond motifs is 1. The molecule has 2 N–H and O–H groups in total. The van der Waals surface area contributed by atoms with Gasteiger partial charge in [0.2, 0.25) is 5.91 Å². The number of benzene rings is 2. The number of amides is 2. The number of hydrogen-bond acceptors (Lipinski definition) is 4. The average molecular weight is 350 g/mol. The highest BCUT2D eigenvalue weighted by Gasteiger charge is 2.10. The largest absolute Gasteiger partial charge is 0.352 e. The molecule has 0 aliphatic carbocycles. The van der Waals surface area contributed by atoms with Gasteiger partial charge in [0.15, 0.2) is 0 Å². The zero-order chi connectivity index (χ0) is 18.5. The van der Waals surface area contributed by atoms with E-state index in [9.17, 15) is 14.4 Å². The van der Waals surface area contributed by atoms with Crippen molar-refractivity contribution in [2.24, 2.45) is 0 Å². The molecule has 7 heteroatoms. The number of nitrogens with zero attached hydrogens (tertiary/aromatic N) is 2. The van der Waals surface area contributed by atoms with Crippen molar-refractivity contribution in [1.29, 1.82) is 0 Å². The lowest BCUT2D eigenvalue weighted by Gasteiger charge is -2.11. The molecule has 0 aliphatic rings. The first-order valence-electron chi connectivity index (χ1n) is 8.21. The van der Waals surface area contributed by atoms with Crippen LogP contribution in [0.5, 0.6) is 0 Å². The Morgan fingerprint density at radius 3 is 2.73 bits per heavy atom. The number of carbonyl (C=O) groups is 2. The second kappa shape index (κ2) is 7.60. The van der Waals surface area contributed by atoms with E-state index in [1.54, 1.807) is 42.5 Å². The smallest absolute Gasteiger partial charge is 0.269 e. The highest BCUT2D eigenvalue weighted by atomic mass is 16.2. The van der Waals surface area contributed by atoms with Crippen LogP contribution in [0, 0.1) is 0 Å². The first-order valence-corrected chi connectivity index (χ1v) is 8.21. The molecular formula is C19H18N4O3. The summed E-state index contributed by atoms with van der Waals surface area (Å²) in [4.78, 5) is 40.5. The van der Waals surface area contributed by atoms with Crippen molar-refractivity contribution in [1.82, 2.24) is 14.9 Å². The van der Waals surface area contributed by atoms with Gasteiger partial charge in [0.05, 0.1) is 17.2 Å². The number of aromatic nitrogens is 2. The van der Waals surface area contributed by atoms with Gasteiger partial charge in [-0.1, -0.05) is 18.2 Å². The summed E-state index contributed by atoms with van der Waals surface area (Å²) >= 11 is 0.